The lowest BCUT2D eigenvalue weighted by molar-refractivity contribution is -0.222. The van der Waals surface area contributed by atoms with Gasteiger partial charge in [-0.1, -0.05) is 13.0 Å². The van der Waals surface area contributed by atoms with Crippen LogP contribution in [0.15, 0.2) is 11.6 Å². The van der Waals surface area contributed by atoms with Gasteiger partial charge in [0.1, 0.15) is 5.78 Å². The van der Waals surface area contributed by atoms with E-state index in [4.69, 9.17) is 9.47 Å². The normalized spacial score (nSPS) is 49.5. The van der Waals surface area contributed by atoms with E-state index in [-0.39, 0.29) is 11.3 Å². The monoisotopic (exact) mass is 332 g/mol. The first kappa shape index (κ1) is 15.5. The smallest absolute Gasteiger partial charge is 0.169 e. The van der Waals surface area contributed by atoms with Crippen LogP contribution in [0.2, 0.25) is 0 Å². The summed E-state index contributed by atoms with van der Waals surface area (Å²) in [5.41, 5.74) is 0.380. The Balaban J connectivity index is 1.47. The third-order valence-electron chi connectivity index (χ3n) is 8.03. The first-order valence-electron chi connectivity index (χ1n) is 9.71. The zero-order valence-electron chi connectivity index (χ0n) is 14.6. The zero-order chi connectivity index (χ0) is 16.6. The molecule has 0 aromatic carbocycles. The van der Waals surface area contributed by atoms with Crippen LogP contribution in [0.3, 0.4) is 0 Å². The largest absolute Gasteiger partial charge is 0.385 e. The molecule has 3 saturated carbocycles. The molecule has 4 nitrogen and oxygen atoms in total. The van der Waals surface area contributed by atoms with Crippen molar-refractivity contribution < 1.29 is 19.4 Å². The first-order valence-corrected chi connectivity index (χ1v) is 9.71. The highest BCUT2D eigenvalue weighted by molar-refractivity contribution is 5.87. The van der Waals surface area contributed by atoms with E-state index < -0.39 is 11.4 Å². The molecular formula is C20H28O4. The lowest BCUT2D eigenvalue weighted by Gasteiger charge is -2.56. The third kappa shape index (κ3) is 1.88. The Labute approximate surface area is 143 Å². The molecule has 0 unspecified atom stereocenters. The van der Waals surface area contributed by atoms with Crippen molar-refractivity contribution in [3.8, 4) is 0 Å². The van der Waals surface area contributed by atoms with Crippen molar-refractivity contribution in [2.45, 2.75) is 69.7 Å². The number of Topliss-reactive ketones (excluding diaryl/α,β-unsaturated/α-hetero) is 1. The average molecular weight is 332 g/mol. The van der Waals surface area contributed by atoms with Gasteiger partial charge in [0.25, 0.3) is 0 Å². The van der Waals surface area contributed by atoms with Crippen LogP contribution in [0.1, 0.15) is 58.3 Å². The highest BCUT2D eigenvalue weighted by Gasteiger charge is 2.60. The van der Waals surface area contributed by atoms with Crippen molar-refractivity contribution >= 4 is 5.78 Å². The van der Waals surface area contributed by atoms with Crippen LogP contribution in [-0.4, -0.2) is 35.5 Å². The SMILES string of the molecule is C[C@]12CC=C3[C@@H](CC[C@H]4CC5(CC[C@@]34O)OCCO5)[C@@H]1CCC2=O. The molecule has 0 aromatic heterocycles. The Bertz CT molecular complexity index is 605. The van der Waals surface area contributed by atoms with Gasteiger partial charge in [-0.05, 0) is 55.4 Å². The van der Waals surface area contributed by atoms with Gasteiger partial charge >= 0.3 is 0 Å². The van der Waals surface area contributed by atoms with Crippen molar-refractivity contribution in [1.82, 2.24) is 0 Å². The third-order valence-corrected chi connectivity index (χ3v) is 8.03. The van der Waals surface area contributed by atoms with E-state index in [1.54, 1.807) is 0 Å². The molecule has 1 spiro atoms. The molecule has 0 amide bonds. The van der Waals surface area contributed by atoms with Gasteiger partial charge in [-0.2, -0.15) is 0 Å². The Morgan fingerprint density at radius 2 is 1.96 bits per heavy atom. The van der Waals surface area contributed by atoms with Gasteiger partial charge in [0.05, 0.1) is 18.8 Å². The Kier molecular flexibility index (Phi) is 3.19. The van der Waals surface area contributed by atoms with E-state index in [0.29, 0.717) is 30.8 Å². The molecule has 5 atom stereocenters. The second-order valence-corrected chi connectivity index (χ2v) is 8.97. The Hall–Kier alpha value is -0.710. The molecule has 132 valence electrons. The summed E-state index contributed by atoms with van der Waals surface area (Å²) >= 11 is 0. The number of allylic oxidation sites excluding steroid dienone is 1. The molecule has 0 aromatic rings. The fourth-order valence-electron chi connectivity index (χ4n) is 6.64. The highest BCUT2D eigenvalue weighted by Crippen LogP contribution is 2.61. The van der Waals surface area contributed by atoms with E-state index in [9.17, 15) is 9.90 Å². The number of ether oxygens (including phenoxy) is 2. The molecule has 0 radical (unpaired) electrons. The highest BCUT2D eigenvalue weighted by atomic mass is 16.7. The minimum atomic E-state index is -0.698. The quantitative estimate of drug-likeness (QED) is 0.693. The van der Waals surface area contributed by atoms with Crippen LogP contribution in [0.5, 0.6) is 0 Å². The number of carbonyl (C=O) groups excluding carboxylic acids is 1. The maximum Gasteiger partial charge on any atom is 0.169 e. The predicted octanol–water partition coefficient (Wildman–Crippen LogP) is 2.99. The predicted molar refractivity (Wildman–Crippen MR) is 88.2 cm³/mol. The second kappa shape index (κ2) is 4.93. The number of carbonyl (C=O) groups is 1. The van der Waals surface area contributed by atoms with Crippen molar-refractivity contribution in [2.24, 2.45) is 23.2 Å². The summed E-state index contributed by atoms with van der Waals surface area (Å²) in [6.45, 7) is 3.52. The molecule has 1 saturated heterocycles. The number of ketones is 1. The maximum absolute atomic E-state index is 12.4. The summed E-state index contributed by atoms with van der Waals surface area (Å²) in [5.74, 6) is 1.07. The average Bonchev–Trinajstić information content (AvgIpc) is 3.14. The number of fused-ring (bicyclic) bond motifs is 5. The fourth-order valence-corrected chi connectivity index (χ4v) is 6.64. The standard InChI is InChI=1S/C20H28O4/c1-18-7-6-16-14(15(18)4-5-17(18)21)3-2-13-12-19(23-10-11-24-19)8-9-20(13,16)22/h6,13-15,22H,2-5,7-12H2,1H3/t13-,14-,15-,18-,20-/m0/s1. The molecule has 4 aliphatic carbocycles. The van der Waals surface area contributed by atoms with Gasteiger partial charge in [0.2, 0.25) is 0 Å². The van der Waals surface area contributed by atoms with Crippen molar-refractivity contribution in [1.29, 1.82) is 0 Å². The van der Waals surface area contributed by atoms with Gasteiger partial charge in [-0.3, -0.25) is 4.79 Å². The topological polar surface area (TPSA) is 55.8 Å². The number of hydrogen-bond donors (Lipinski definition) is 1. The number of aliphatic hydroxyl groups is 1. The van der Waals surface area contributed by atoms with Crippen molar-refractivity contribution in [2.75, 3.05) is 13.2 Å². The van der Waals surface area contributed by atoms with Crippen molar-refractivity contribution in [3.63, 3.8) is 0 Å². The van der Waals surface area contributed by atoms with E-state index >= 15 is 0 Å². The molecule has 1 heterocycles. The van der Waals surface area contributed by atoms with Crippen LogP contribution in [0.4, 0.5) is 0 Å². The van der Waals surface area contributed by atoms with Gasteiger partial charge in [0.15, 0.2) is 5.79 Å². The summed E-state index contributed by atoms with van der Waals surface area (Å²) in [7, 11) is 0. The van der Waals surface area contributed by atoms with Crippen LogP contribution < -0.4 is 0 Å². The van der Waals surface area contributed by atoms with Crippen LogP contribution in [0.25, 0.3) is 0 Å². The second-order valence-electron chi connectivity index (χ2n) is 8.97. The lowest BCUT2D eigenvalue weighted by atomic mass is 9.52. The van der Waals surface area contributed by atoms with Crippen molar-refractivity contribution in [3.05, 3.63) is 11.6 Å². The van der Waals surface area contributed by atoms with E-state index in [0.717, 1.165) is 51.4 Å². The van der Waals surface area contributed by atoms with E-state index in [1.807, 2.05) is 0 Å². The minimum absolute atomic E-state index is 0.176. The zero-order valence-corrected chi connectivity index (χ0v) is 14.6. The first-order chi connectivity index (χ1) is 11.5. The summed E-state index contributed by atoms with van der Waals surface area (Å²) in [5, 5.41) is 11.6. The Morgan fingerprint density at radius 3 is 2.75 bits per heavy atom. The summed E-state index contributed by atoms with van der Waals surface area (Å²) in [6.07, 6.45) is 9.24. The fraction of sp³-hybridized carbons (Fsp3) is 0.850. The Morgan fingerprint density at radius 1 is 1.17 bits per heavy atom. The minimum Gasteiger partial charge on any atom is -0.385 e. The molecule has 4 fully saturated rings. The molecule has 5 rings (SSSR count). The molecule has 4 heteroatoms. The van der Waals surface area contributed by atoms with Gasteiger partial charge in [-0.15, -0.1) is 0 Å². The molecule has 1 N–H and O–H groups in total. The number of rotatable bonds is 0. The number of hydrogen-bond acceptors (Lipinski definition) is 4. The van der Waals surface area contributed by atoms with E-state index in [2.05, 4.69) is 13.0 Å². The molecule has 0 bridgehead atoms. The summed E-state index contributed by atoms with van der Waals surface area (Å²) in [6, 6.07) is 0. The lowest BCUT2D eigenvalue weighted by Crippen LogP contribution is -2.56. The van der Waals surface area contributed by atoms with Crippen LogP contribution >= 0.6 is 0 Å². The van der Waals surface area contributed by atoms with Gasteiger partial charge in [-0.25, -0.2) is 0 Å². The summed E-state index contributed by atoms with van der Waals surface area (Å²) < 4.78 is 11.8. The van der Waals surface area contributed by atoms with Gasteiger partial charge < -0.3 is 14.6 Å². The molecule has 5 aliphatic rings. The molecule has 1 aliphatic heterocycles. The van der Waals surface area contributed by atoms with Gasteiger partial charge in [0, 0.05) is 24.7 Å². The summed E-state index contributed by atoms with van der Waals surface area (Å²) in [4.78, 5) is 12.4. The molecule has 24 heavy (non-hydrogen) atoms. The molecular weight excluding hydrogens is 304 g/mol. The maximum atomic E-state index is 12.4. The van der Waals surface area contributed by atoms with Crippen LogP contribution in [0, 0.1) is 23.2 Å². The van der Waals surface area contributed by atoms with E-state index in [1.165, 1.54) is 5.57 Å². The van der Waals surface area contributed by atoms with Crippen LogP contribution in [-0.2, 0) is 14.3 Å².